The Morgan fingerprint density at radius 3 is 2.73 bits per heavy atom. The van der Waals surface area contributed by atoms with Crippen molar-refractivity contribution in [3.05, 3.63) is 0 Å². The number of hydrogen-bond donors (Lipinski definition) is 2. The Morgan fingerprint density at radius 2 is 2.08 bits per heavy atom. The van der Waals surface area contributed by atoms with Crippen molar-refractivity contribution in [2.75, 3.05) is 40.0 Å². The van der Waals surface area contributed by atoms with Gasteiger partial charge in [-0.05, 0) is 39.0 Å². The summed E-state index contributed by atoms with van der Waals surface area (Å²) < 4.78 is 17.1. The summed E-state index contributed by atoms with van der Waals surface area (Å²) in [5, 5.41) is 7.09. The Kier molecular flexibility index (Phi) is 9.40. The van der Waals surface area contributed by atoms with Crippen molar-refractivity contribution in [3.8, 4) is 0 Å². The number of ether oxygens (including phenoxy) is 3. The van der Waals surface area contributed by atoms with Crippen LogP contribution in [0.25, 0.3) is 0 Å². The molecular weight excluding hydrogens is 445 g/mol. The molecule has 2 N–H and O–H groups in total. The minimum Gasteiger partial charge on any atom is -0.379 e. The van der Waals surface area contributed by atoms with Gasteiger partial charge in [-0.2, -0.15) is 0 Å². The van der Waals surface area contributed by atoms with Crippen molar-refractivity contribution in [3.63, 3.8) is 0 Å². The van der Waals surface area contributed by atoms with E-state index in [4.69, 9.17) is 14.2 Å². The molecule has 0 aromatic heterocycles. The maximum atomic E-state index is 6.00. The molecule has 0 aromatic carbocycles. The van der Waals surface area contributed by atoms with Gasteiger partial charge in [-0.15, -0.1) is 24.0 Å². The second-order valence-electron chi connectivity index (χ2n) is 7.53. The highest BCUT2D eigenvalue weighted by Gasteiger charge is 2.56. The third-order valence-corrected chi connectivity index (χ3v) is 6.08. The summed E-state index contributed by atoms with van der Waals surface area (Å²) in [6.07, 6.45) is 9.05. The second kappa shape index (κ2) is 11.0. The summed E-state index contributed by atoms with van der Waals surface area (Å²) in [6, 6.07) is 0.490. The Hall–Kier alpha value is -0.120. The number of rotatable bonds is 8. The lowest BCUT2D eigenvalue weighted by Gasteiger charge is -2.54. The first-order valence-corrected chi connectivity index (χ1v) is 10.1. The molecule has 0 bridgehead atoms. The molecule has 3 rings (SSSR count). The minimum atomic E-state index is 0. The molecule has 2 aliphatic carbocycles. The van der Waals surface area contributed by atoms with E-state index >= 15 is 0 Å². The van der Waals surface area contributed by atoms with Crippen LogP contribution in [0.2, 0.25) is 0 Å². The fraction of sp³-hybridized carbons (Fsp3) is 0.947. The summed E-state index contributed by atoms with van der Waals surface area (Å²) in [7, 11) is 1.85. The largest absolute Gasteiger partial charge is 0.379 e. The van der Waals surface area contributed by atoms with Gasteiger partial charge < -0.3 is 24.8 Å². The van der Waals surface area contributed by atoms with Crippen LogP contribution in [0.1, 0.15) is 51.9 Å². The van der Waals surface area contributed by atoms with Gasteiger partial charge in [0.1, 0.15) is 0 Å². The Bertz CT molecular complexity index is 438. The summed E-state index contributed by atoms with van der Waals surface area (Å²) in [5.41, 5.74) is 0.333. The molecule has 0 aromatic rings. The molecule has 3 fully saturated rings. The molecule has 0 radical (unpaired) electrons. The normalized spacial score (nSPS) is 30.1. The van der Waals surface area contributed by atoms with Crippen molar-refractivity contribution in [1.82, 2.24) is 10.6 Å². The molecule has 3 aliphatic rings. The topological polar surface area (TPSA) is 64.1 Å². The molecule has 1 spiro atoms. The van der Waals surface area contributed by atoms with Crippen LogP contribution in [0.5, 0.6) is 0 Å². The van der Waals surface area contributed by atoms with E-state index in [0.717, 1.165) is 58.2 Å². The monoisotopic (exact) mass is 481 g/mol. The first kappa shape index (κ1) is 22.2. The summed E-state index contributed by atoms with van der Waals surface area (Å²) in [6.45, 7) is 6.16. The molecule has 1 saturated heterocycles. The third kappa shape index (κ3) is 5.23. The first-order valence-electron chi connectivity index (χ1n) is 10.1. The van der Waals surface area contributed by atoms with Crippen LogP contribution >= 0.6 is 24.0 Å². The maximum absolute atomic E-state index is 6.00. The first-order chi connectivity index (χ1) is 12.3. The molecule has 1 aliphatic heterocycles. The molecule has 3 unspecified atom stereocenters. The standard InChI is InChI=1S/C19H35N3O3.HI/c1-3-24-17-13-16(19(17)8-4-5-9-19)22-18(20-2)21-10-6-11-25-15-7-12-23-14-15;/h15-17H,3-14H2,1-2H3,(H2,20,21,22);1H. The second-order valence-corrected chi connectivity index (χ2v) is 7.53. The highest BCUT2D eigenvalue weighted by atomic mass is 127. The van der Waals surface area contributed by atoms with E-state index in [9.17, 15) is 0 Å². The molecule has 6 nitrogen and oxygen atoms in total. The van der Waals surface area contributed by atoms with Crippen molar-refractivity contribution in [2.24, 2.45) is 10.4 Å². The van der Waals surface area contributed by atoms with Crippen LogP contribution < -0.4 is 10.6 Å². The van der Waals surface area contributed by atoms with E-state index in [1.54, 1.807) is 0 Å². The van der Waals surface area contributed by atoms with Crippen LogP contribution in [0, 0.1) is 5.41 Å². The van der Waals surface area contributed by atoms with Gasteiger partial charge in [-0.25, -0.2) is 0 Å². The lowest BCUT2D eigenvalue weighted by molar-refractivity contribution is -0.125. The van der Waals surface area contributed by atoms with Crippen molar-refractivity contribution in [1.29, 1.82) is 0 Å². The van der Waals surface area contributed by atoms with Crippen LogP contribution in [-0.2, 0) is 14.2 Å². The van der Waals surface area contributed by atoms with Gasteiger partial charge in [0.2, 0.25) is 0 Å². The molecule has 3 atom stereocenters. The van der Waals surface area contributed by atoms with E-state index in [1.807, 2.05) is 7.05 Å². The molecule has 26 heavy (non-hydrogen) atoms. The van der Waals surface area contributed by atoms with Crippen LogP contribution in [0.3, 0.4) is 0 Å². The van der Waals surface area contributed by atoms with Crippen molar-refractivity contribution in [2.45, 2.75) is 70.1 Å². The zero-order chi connectivity index (χ0) is 17.5. The van der Waals surface area contributed by atoms with Crippen LogP contribution in [0.4, 0.5) is 0 Å². The Balaban J connectivity index is 0.00000243. The molecule has 2 saturated carbocycles. The molecule has 152 valence electrons. The zero-order valence-corrected chi connectivity index (χ0v) is 18.6. The quantitative estimate of drug-likeness (QED) is 0.242. The predicted octanol–water partition coefficient (Wildman–Crippen LogP) is 2.70. The van der Waals surface area contributed by atoms with Gasteiger partial charge in [0, 0.05) is 44.9 Å². The number of nitrogens with zero attached hydrogens (tertiary/aromatic N) is 1. The van der Waals surface area contributed by atoms with E-state index in [0.29, 0.717) is 23.7 Å². The van der Waals surface area contributed by atoms with Crippen LogP contribution in [-0.4, -0.2) is 64.2 Å². The highest BCUT2D eigenvalue weighted by molar-refractivity contribution is 14.0. The predicted molar refractivity (Wildman–Crippen MR) is 114 cm³/mol. The number of hydrogen-bond acceptors (Lipinski definition) is 4. The number of guanidine groups is 1. The highest BCUT2D eigenvalue weighted by Crippen LogP contribution is 2.54. The number of halogens is 1. The average Bonchev–Trinajstić information content (AvgIpc) is 3.31. The lowest BCUT2D eigenvalue weighted by atomic mass is 9.60. The van der Waals surface area contributed by atoms with Gasteiger partial charge in [0.15, 0.2) is 5.96 Å². The van der Waals surface area contributed by atoms with Crippen molar-refractivity contribution < 1.29 is 14.2 Å². The van der Waals surface area contributed by atoms with E-state index in [-0.39, 0.29) is 24.0 Å². The maximum Gasteiger partial charge on any atom is 0.191 e. The van der Waals surface area contributed by atoms with Gasteiger partial charge >= 0.3 is 0 Å². The lowest BCUT2D eigenvalue weighted by Crippen LogP contribution is -2.65. The molecular formula is C19H36IN3O3. The van der Waals surface area contributed by atoms with Gasteiger partial charge in [0.25, 0.3) is 0 Å². The van der Waals surface area contributed by atoms with Gasteiger partial charge in [0.05, 0.1) is 18.8 Å². The average molecular weight is 481 g/mol. The summed E-state index contributed by atoms with van der Waals surface area (Å²) in [5.74, 6) is 0.912. The van der Waals surface area contributed by atoms with E-state index in [1.165, 1.54) is 25.7 Å². The molecule has 1 heterocycles. The Labute approximate surface area is 175 Å². The van der Waals surface area contributed by atoms with Crippen molar-refractivity contribution >= 4 is 29.9 Å². The summed E-state index contributed by atoms with van der Waals surface area (Å²) >= 11 is 0. The van der Waals surface area contributed by atoms with Gasteiger partial charge in [-0.3, -0.25) is 4.99 Å². The third-order valence-electron chi connectivity index (χ3n) is 6.08. The van der Waals surface area contributed by atoms with Gasteiger partial charge in [-0.1, -0.05) is 12.8 Å². The number of aliphatic imine (C=N–C) groups is 1. The minimum absolute atomic E-state index is 0. The molecule has 0 amide bonds. The fourth-order valence-electron chi connectivity index (χ4n) is 4.62. The van der Waals surface area contributed by atoms with E-state index < -0.39 is 0 Å². The SMILES string of the molecule is CCOC1CC(NC(=NC)NCCCOC2CCOC2)C12CCCC2.I. The van der Waals surface area contributed by atoms with Crippen LogP contribution in [0.15, 0.2) is 4.99 Å². The number of nitrogens with one attached hydrogen (secondary N) is 2. The smallest absolute Gasteiger partial charge is 0.191 e. The zero-order valence-electron chi connectivity index (χ0n) is 16.3. The Morgan fingerprint density at radius 1 is 1.27 bits per heavy atom. The summed E-state index contributed by atoms with van der Waals surface area (Å²) in [4.78, 5) is 4.40. The molecule has 7 heteroatoms. The van der Waals surface area contributed by atoms with E-state index in [2.05, 4.69) is 22.5 Å². The fourth-order valence-corrected chi connectivity index (χ4v) is 4.62.